The molecule has 2 heterocycles. The maximum Gasteiger partial charge on any atom is 0.179 e. The molecule has 0 N–H and O–H groups in total. The summed E-state index contributed by atoms with van der Waals surface area (Å²) in [6, 6.07) is 87.0. The number of para-hydroxylation sites is 1. The summed E-state index contributed by atoms with van der Waals surface area (Å²) in [5.74, 6) is 1.94. The fourth-order valence-electron chi connectivity index (χ4n) is 9.11. The molecule has 4 nitrogen and oxygen atoms in total. The number of nitrogens with zero attached hydrogens (tertiary/aromatic N) is 4. The van der Waals surface area contributed by atoms with Crippen LogP contribution >= 0.6 is 0 Å². The van der Waals surface area contributed by atoms with Crippen molar-refractivity contribution in [2.75, 3.05) is 0 Å². The summed E-state index contributed by atoms with van der Waals surface area (Å²) in [6.45, 7) is 0. The number of rotatable bonds is 9. The summed E-state index contributed by atoms with van der Waals surface area (Å²) in [5, 5.41) is 7.89. The minimum absolute atomic E-state index is 0.637. The zero-order valence-electron chi connectivity index (χ0n) is 33.9. The van der Waals surface area contributed by atoms with Crippen LogP contribution < -0.4 is 20.7 Å². The topological polar surface area (TPSA) is 43.6 Å². The number of hydrogen-bond acceptors (Lipinski definition) is 3. The lowest BCUT2D eigenvalue weighted by Gasteiger charge is -2.34. The number of fused-ring (bicyclic) bond motifs is 3. The Kier molecular flexibility index (Phi) is 9.49. The highest BCUT2D eigenvalue weighted by molar-refractivity contribution is 7.19. The third-order valence-corrected chi connectivity index (χ3v) is 16.8. The van der Waals surface area contributed by atoms with Crippen LogP contribution in [0.5, 0.6) is 0 Å². The van der Waals surface area contributed by atoms with Crippen LogP contribution in [0, 0.1) is 0 Å². The molecule has 0 spiro atoms. The average Bonchev–Trinajstić information content (AvgIpc) is 3.69. The van der Waals surface area contributed by atoms with Crippen molar-refractivity contribution in [2.24, 2.45) is 0 Å². The molecule has 2 aromatic heterocycles. The minimum atomic E-state index is -2.62. The molecule has 11 aromatic rings. The second-order valence-corrected chi connectivity index (χ2v) is 19.4. The van der Waals surface area contributed by atoms with E-state index >= 15 is 0 Å². The van der Waals surface area contributed by atoms with E-state index in [1.165, 1.54) is 42.6 Å². The lowest BCUT2D eigenvalue weighted by Crippen LogP contribution is -2.74. The molecule has 0 aliphatic carbocycles. The van der Waals surface area contributed by atoms with Crippen molar-refractivity contribution in [1.29, 1.82) is 0 Å². The first kappa shape index (κ1) is 37.0. The Morgan fingerprint density at radius 2 is 0.645 bits per heavy atom. The van der Waals surface area contributed by atoms with Crippen molar-refractivity contribution < 1.29 is 0 Å². The van der Waals surface area contributed by atoms with E-state index < -0.39 is 8.07 Å². The van der Waals surface area contributed by atoms with Crippen molar-refractivity contribution in [3.63, 3.8) is 0 Å². The summed E-state index contributed by atoms with van der Waals surface area (Å²) < 4.78 is 2.36. The molecule has 0 unspecified atom stereocenters. The zero-order valence-corrected chi connectivity index (χ0v) is 34.9. The van der Waals surface area contributed by atoms with Crippen LogP contribution in [0.25, 0.3) is 72.8 Å². The largest absolute Gasteiger partial charge is 0.309 e. The second kappa shape index (κ2) is 15.9. The van der Waals surface area contributed by atoms with Crippen molar-refractivity contribution >= 4 is 50.6 Å². The Labute approximate surface area is 362 Å². The molecule has 0 aliphatic heterocycles. The first-order chi connectivity index (χ1) is 30.7. The Bertz CT molecular complexity index is 3140. The van der Waals surface area contributed by atoms with E-state index in [2.05, 4.69) is 187 Å². The van der Waals surface area contributed by atoms with Gasteiger partial charge in [0.1, 0.15) is 0 Å². The van der Waals surface area contributed by atoms with Gasteiger partial charge in [0, 0.05) is 33.2 Å². The highest BCUT2D eigenvalue weighted by Crippen LogP contribution is 2.35. The molecular formula is C57H40N4Si. The van der Waals surface area contributed by atoms with Crippen LogP contribution in [0.1, 0.15) is 0 Å². The first-order valence-corrected chi connectivity index (χ1v) is 23.0. The Morgan fingerprint density at radius 1 is 0.274 bits per heavy atom. The predicted octanol–water partition coefficient (Wildman–Crippen LogP) is 11.0. The first-order valence-electron chi connectivity index (χ1n) is 21.0. The van der Waals surface area contributed by atoms with Crippen molar-refractivity contribution in [3.8, 4) is 51.0 Å². The zero-order chi connectivity index (χ0) is 41.3. The van der Waals surface area contributed by atoms with Crippen molar-refractivity contribution in [1.82, 2.24) is 19.5 Å². The molecule has 0 radical (unpaired) electrons. The van der Waals surface area contributed by atoms with Gasteiger partial charge in [0.05, 0.1) is 11.0 Å². The predicted molar refractivity (Wildman–Crippen MR) is 260 cm³/mol. The minimum Gasteiger partial charge on any atom is -0.309 e. The molecular weight excluding hydrogens is 769 g/mol. The van der Waals surface area contributed by atoms with Gasteiger partial charge in [-0.3, -0.25) is 0 Å². The standard InChI is InChI=1S/C57H40N4Si/c1-6-18-42(19-7-1)55-58-56(43-20-8-2-9-21-43)60-57(59-55)44-30-35-46(36-31-44)61-53-29-17-16-28-51(53)52-40-45(34-39-54(52)61)41-32-37-50(38-33-41)62(47-22-10-3-11-23-47,48-24-12-4-13-25-48)49-26-14-5-15-27-49/h1-40H. The Morgan fingerprint density at radius 3 is 1.15 bits per heavy atom. The number of aromatic nitrogens is 4. The van der Waals surface area contributed by atoms with Gasteiger partial charge in [0.15, 0.2) is 25.5 Å². The third kappa shape index (κ3) is 6.52. The van der Waals surface area contributed by atoms with Gasteiger partial charge in [0.2, 0.25) is 0 Å². The molecule has 62 heavy (non-hydrogen) atoms. The SMILES string of the molecule is c1ccc(-c2nc(-c3ccccc3)nc(-c3ccc(-n4c5ccccc5c5cc(-c6ccc([Si](c7ccccc7)(c7ccccc7)c7ccccc7)cc6)ccc54)cc3)n2)cc1. The quantitative estimate of drug-likeness (QED) is 0.108. The van der Waals surface area contributed by atoms with Gasteiger partial charge < -0.3 is 4.57 Å². The number of benzene rings is 9. The van der Waals surface area contributed by atoms with E-state index in [0.717, 1.165) is 33.4 Å². The van der Waals surface area contributed by atoms with E-state index in [1.807, 2.05) is 60.7 Å². The molecule has 0 atom stereocenters. The van der Waals surface area contributed by atoms with Crippen LogP contribution in [0.2, 0.25) is 0 Å². The maximum absolute atomic E-state index is 4.97. The van der Waals surface area contributed by atoms with Gasteiger partial charge in [-0.25, -0.2) is 15.0 Å². The van der Waals surface area contributed by atoms with Gasteiger partial charge >= 0.3 is 0 Å². The van der Waals surface area contributed by atoms with Crippen LogP contribution in [-0.4, -0.2) is 27.6 Å². The molecule has 0 saturated heterocycles. The van der Waals surface area contributed by atoms with E-state index in [0.29, 0.717) is 17.5 Å². The monoisotopic (exact) mass is 808 g/mol. The lowest BCUT2D eigenvalue weighted by molar-refractivity contribution is 1.07. The molecule has 0 amide bonds. The van der Waals surface area contributed by atoms with Gasteiger partial charge in [0.25, 0.3) is 0 Å². The molecule has 5 heteroatoms. The summed E-state index contributed by atoms with van der Waals surface area (Å²) in [6.07, 6.45) is 0. The van der Waals surface area contributed by atoms with Gasteiger partial charge in [-0.2, -0.15) is 0 Å². The van der Waals surface area contributed by atoms with Gasteiger partial charge in [-0.15, -0.1) is 0 Å². The summed E-state index contributed by atoms with van der Waals surface area (Å²) >= 11 is 0. The Balaban J connectivity index is 0.982. The van der Waals surface area contributed by atoms with E-state index in [4.69, 9.17) is 15.0 Å². The smallest absolute Gasteiger partial charge is 0.179 e. The third-order valence-electron chi connectivity index (χ3n) is 12.0. The average molecular weight is 809 g/mol. The van der Waals surface area contributed by atoms with Crippen LogP contribution in [0.15, 0.2) is 243 Å². The fraction of sp³-hybridized carbons (Fsp3) is 0. The second-order valence-electron chi connectivity index (χ2n) is 15.6. The Hall–Kier alpha value is -7.99. The van der Waals surface area contributed by atoms with Gasteiger partial charge in [-0.05, 0) is 74.3 Å². The molecule has 292 valence electrons. The van der Waals surface area contributed by atoms with Crippen LogP contribution in [0.3, 0.4) is 0 Å². The maximum atomic E-state index is 4.97. The normalized spacial score (nSPS) is 11.5. The number of hydrogen-bond donors (Lipinski definition) is 0. The fourth-order valence-corrected chi connectivity index (χ4v) is 13.8. The summed E-state index contributed by atoms with van der Waals surface area (Å²) in [7, 11) is -2.62. The van der Waals surface area contributed by atoms with E-state index in [-0.39, 0.29) is 0 Å². The molecule has 0 bridgehead atoms. The summed E-state index contributed by atoms with van der Waals surface area (Å²) in [5.41, 5.74) is 8.59. The van der Waals surface area contributed by atoms with Crippen molar-refractivity contribution in [2.45, 2.75) is 0 Å². The molecule has 0 saturated carbocycles. The van der Waals surface area contributed by atoms with E-state index in [1.54, 1.807) is 0 Å². The molecule has 11 rings (SSSR count). The highest BCUT2D eigenvalue weighted by atomic mass is 28.3. The van der Waals surface area contributed by atoms with Crippen molar-refractivity contribution in [3.05, 3.63) is 243 Å². The molecule has 9 aromatic carbocycles. The van der Waals surface area contributed by atoms with Crippen LogP contribution in [0.4, 0.5) is 0 Å². The summed E-state index contributed by atoms with van der Waals surface area (Å²) in [4.78, 5) is 14.8. The molecule has 0 fully saturated rings. The highest BCUT2D eigenvalue weighted by Gasteiger charge is 2.41. The molecule has 0 aliphatic rings. The lowest BCUT2D eigenvalue weighted by atomic mass is 10.0. The van der Waals surface area contributed by atoms with Crippen LogP contribution in [-0.2, 0) is 0 Å². The van der Waals surface area contributed by atoms with Gasteiger partial charge in [-0.1, -0.05) is 200 Å². The van der Waals surface area contributed by atoms with E-state index in [9.17, 15) is 0 Å².